The highest BCUT2D eigenvalue weighted by Crippen LogP contribution is 2.35. The summed E-state index contributed by atoms with van der Waals surface area (Å²) in [4.78, 5) is 13.3. The summed E-state index contributed by atoms with van der Waals surface area (Å²) in [5.41, 5.74) is 1.84. The monoisotopic (exact) mass is 682 g/mol. The molecule has 258 valence electrons. The van der Waals surface area contributed by atoms with Crippen molar-refractivity contribution in [2.45, 2.75) is 62.7 Å². The number of aliphatic hydroxyl groups excluding tert-OH is 1. The third-order valence-electron chi connectivity index (χ3n) is 8.58. The van der Waals surface area contributed by atoms with Crippen molar-refractivity contribution in [3.05, 3.63) is 83.9 Å². The number of nitrogens with one attached hydrogen (secondary N) is 1. The van der Waals surface area contributed by atoms with Gasteiger partial charge >= 0.3 is 6.09 Å². The Bertz CT molecular complexity index is 1640. The molecule has 3 heterocycles. The molecule has 1 amide bonds. The van der Waals surface area contributed by atoms with Crippen LogP contribution in [0.4, 0.5) is 4.79 Å². The highest BCUT2D eigenvalue weighted by atomic mass is 32.2. The third kappa shape index (κ3) is 8.21. The summed E-state index contributed by atoms with van der Waals surface area (Å²) in [6.07, 6.45) is -1.98. The summed E-state index contributed by atoms with van der Waals surface area (Å²) in [6, 6.07) is 20.7. The quantitative estimate of drug-likeness (QED) is 0.255. The molecule has 6 rings (SSSR count). The van der Waals surface area contributed by atoms with E-state index in [1.54, 1.807) is 6.07 Å². The molecule has 0 saturated carbocycles. The van der Waals surface area contributed by atoms with E-state index in [9.17, 15) is 18.3 Å². The number of sulfonamides is 1. The van der Waals surface area contributed by atoms with Crippen molar-refractivity contribution in [3.63, 3.8) is 0 Å². The number of alkyl carbamates (subject to hydrolysis) is 1. The number of benzene rings is 3. The summed E-state index contributed by atoms with van der Waals surface area (Å²) in [5.74, 6) is 1.36. The van der Waals surface area contributed by atoms with E-state index in [1.807, 2.05) is 68.4 Å². The Balaban J connectivity index is 1.18. The fourth-order valence-corrected chi connectivity index (χ4v) is 7.71. The minimum absolute atomic E-state index is 0.0121. The van der Waals surface area contributed by atoms with Crippen LogP contribution < -0.4 is 19.5 Å². The van der Waals surface area contributed by atoms with Gasteiger partial charge in [0, 0.05) is 19.2 Å². The van der Waals surface area contributed by atoms with Crippen LogP contribution in [0.1, 0.15) is 31.4 Å². The lowest BCUT2D eigenvalue weighted by molar-refractivity contribution is -0.0907. The molecule has 3 aliphatic heterocycles. The molecule has 48 heavy (non-hydrogen) atoms. The van der Waals surface area contributed by atoms with E-state index >= 15 is 0 Å². The Morgan fingerprint density at radius 3 is 2.52 bits per heavy atom. The number of amides is 1. The van der Waals surface area contributed by atoms with Gasteiger partial charge in [-0.3, -0.25) is 0 Å². The van der Waals surface area contributed by atoms with Gasteiger partial charge < -0.3 is 38.8 Å². The summed E-state index contributed by atoms with van der Waals surface area (Å²) in [6.45, 7) is 4.83. The topological polar surface area (TPSA) is 142 Å². The van der Waals surface area contributed by atoms with E-state index in [-0.39, 0.29) is 49.6 Å². The van der Waals surface area contributed by atoms with Gasteiger partial charge in [-0.2, -0.15) is 4.31 Å². The molecule has 2 fully saturated rings. The molecule has 0 aromatic heterocycles. The van der Waals surface area contributed by atoms with E-state index in [0.29, 0.717) is 30.5 Å². The van der Waals surface area contributed by atoms with Crippen molar-refractivity contribution in [2.24, 2.45) is 11.8 Å². The van der Waals surface area contributed by atoms with Gasteiger partial charge in [0.15, 0.2) is 17.8 Å². The summed E-state index contributed by atoms with van der Waals surface area (Å²) >= 11 is 0. The van der Waals surface area contributed by atoms with Crippen molar-refractivity contribution < 1.29 is 46.7 Å². The standard InChI is InChI=1S/C35H42N2O10S/c1-23(2)18-37(48(40,41)27-12-13-31-32(17-27)46-22-45-31)19-30(38)29(36-35(39)47-33-21-44-34-28(33)14-15-42-34)16-24-8-10-26(11-9-24)43-20-25-6-4-3-5-7-25/h3-13,17,23,28-30,33-34,38H,14-16,18-22H2,1-2H3,(H,36,39)/t28-,29-,30-,33-,34+/m0/s1. The Morgan fingerprint density at radius 2 is 1.75 bits per heavy atom. The average molecular weight is 683 g/mol. The number of fused-ring (bicyclic) bond motifs is 2. The highest BCUT2D eigenvalue weighted by Gasteiger charge is 2.44. The molecule has 0 unspecified atom stereocenters. The predicted molar refractivity (Wildman–Crippen MR) is 174 cm³/mol. The molecular weight excluding hydrogens is 640 g/mol. The lowest BCUT2D eigenvalue weighted by Crippen LogP contribution is -2.51. The number of nitrogens with zero attached hydrogens (tertiary/aromatic N) is 1. The van der Waals surface area contributed by atoms with Crippen LogP contribution in [0.25, 0.3) is 0 Å². The molecule has 0 bridgehead atoms. The van der Waals surface area contributed by atoms with Crippen LogP contribution in [0.2, 0.25) is 0 Å². The number of carbonyl (C=O) groups excluding carboxylic acids is 1. The Morgan fingerprint density at radius 1 is 0.979 bits per heavy atom. The van der Waals surface area contributed by atoms with Crippen molar-refractivity contribution >= 4 is 16.1 Å². The van der Waals surface area contributed by atoms with Crippen molar-refractivity contribution in [1.82, 2.24) is 9.62 Å². The highest BCUT2D eigenvalue weighted by molar-refractivity contribution is 7.89. The Hall–Kier alpha value is -3.88. The largest absolute Gasteiger partial charge is 0.489 e. The number of rotatable bonds is 14. The van der Waals surface area contributed by atoms with Crippen LogP contribution in [0, 0.1) is 11.8 Å². The second-order valence-corrected chi connectivity index (χ2v) is 14.6. The van der Waals surface area contributed by atoms with Gasteiger partial charge in [-0.05, 0) is 54.2 Å². The van der Waals surface area contributed by atoms with Gasteiger partial charge in [0.1, 0.15) is 18.5 Å². The minimum atomic E-state index is -4.06. The van der Waals surface area contributed by atoms with Crippen LogP contribution in [0.15, 0.2) is 77.7 Å². The van der Waals surface area contributed by atoms with Crippen LogP contribution >= 0.6 is 0 Å². The third-order valence-corrected chi connectivity index (χ3v) is 10.4. The van der Waals surface area contributed by atoms with E-state index < -0.39 is 40.7 Å². The predicted octanol–water partition coefficient (Wildman–Crippen LogP) is 4.10. The number of aliphatic hydroxyl groups is 1. The fraction of sp³-hybridized carbons (Fsp3) is 0.457. The Kier molecular flexibility index (Phi) is 10.7. The Labute approximate surface area is 280 Å². The summed E-state index contributed by atoms with van der Waals surface area (Å²) < 4.78 is 62.6. The van der Waals surface area contributed by atoms with E-state index in [2.05, 4.69) is 5.32 Å². The van der Waals surface area contributed by atoms with Crippen LogP contribution in [0.5, 0.6) is 17.2 Å². The average Bonchev–Trinajstić information content (AvgIpc) is 3.83. The molecule has 0 spiro atoms. The fourth-order valence-electron chi connectivity index (χ4n) is 6.07. The molecule has 0 radical (unpaired) electrons. The zero-order valence-electron chi connectivity index (χ0n) is 27.0. The molecular formula is C35H42N2O10S. The molecule has 12 nitrogen and oxygen atoms in total. The zero-order valence-corrected chi connectivity index (χ0v) is 27.8. The molecule has 3 aromatic carbocycles. The lowest BCUT2D eigenvalue weighted by Gasteiger charge is -2.31. The minimum Gasteiger partial charge on any atom is -0.489 e. The van der Waals surface area contributed by atoms with E-state index in [4.69, 9.17) is 28.4 Å². The maximum atomic E-state index is 13.9. The molecule has 2 N–H and O–H groups in total. The number of carbonyl (C=O) groups is 1. The molecule has 3 aliphatic rings. The number of hydrogen-bond donors (Lipinski definition) is 2. The maximum absolute atomic E-state index is 13.9. The first-order valence-electron chi connectivity index (χ1n) is 16.2. The maximum Gasteiger partial charge on any atom is 0.407 e. The van der Waals surface area contributed by atoms with E-state index in [1.165, 1.54) is 16.4 Å². The van der Waals surface area contributed by atoms with Crippen LogP contribution in [-0.2, 0) is 37.3 Å². The summed E-state index contributed by atoms with van der Waals surface area (Å²) in [7, 11) is -4.06. The van der Waals surface area contributed by atoms with Crippen molar-refractivity contribution in [1.29, 1.82) is 0 Å². The molecule has 13 heteroatoms. The van der Waals surface area contributed by atoms with E-state index in [0.717, 1.165) is 17.5 Å². The normalized spacial score (nSPS) is 21.2. The second kappa shape index (κ2) is 15.1. The van der Waals surface area contributed by atoms with Crippen molar-refractivity contribution in [3.8, 4) is 17.2 Å². The smallest absolute Gasteiger partial charge is 0.407 e. The van der Waals surface area contributed by atoms with Gasteiger partial charge in [-0.15, -0.1) is 0 Å². The SMILES string of the molecule is CC(C)CN(C[C@H](O)[C@H](Cc1ccc(OCc2ccccc2)cc1)NC(=O)O[C@H]1CO[C@H]2OCC[C@H]21)S(=O)(=O)c1ccc2c(c1)OCO2. The van der Waals surface area contributed by atoms with Gasteiger partial charge in [0.25, 0.3) is 0 Å². The second-order valence-electron chi connectivity index (χ2n) is 12.6. The molecule has 2 saturated heterocycles. The van der Waals surface area contributed by atoms with Gasteiger partial charge in [0.05, 0.1) is 36.2 Å². The first-order valence-corrected chi connectivity index (χ1v) is 17.6. The van der Waals surface area contributed by atoms with Gasteiger partial charge in [-0.1, -0.05) is 56.3 Å². The van der Waals surface area contributed by atoms with Crippen molar-refractivity contribution in [2.75, 3.05) is 33.1 Å². The first-order chi connectivity index (χ1) is 23.2. The summed E-state index contributed by atoms with van der Waals surface area (Å²) in [5, 5.41) is 14.5. The van der Waals surface area contributed by atoms with Gasteiger partial charge in [0.2, 0.25) is 16.8 Å². The zero-order chi connectivity index (χ0) is 33.7. The van der Waals surface area contributed by atoms with Gasteiger partial charge in [-0.25, -0.2) is 13.2 Å². The number of hydrogen-bond acceptors (Lipinski definition) is 10. The lowest BCUT2D eigenvalue weighted by atomic mass is 10.0. The molecule has 0 aliphatic carbocycles. The molecule has 3 aromatic rings. The number of ether oxygens (including phenoxy) is 6. The first kappa shape index (κ1) is 34.0. The molecule has 5 atom stereocenters. The van der Waals surface area contributed by atoms with Crippen LogP contribution in [0.3, 0.4) is 0 Å². The van der Waals surface area contributed by atoms with Crippen LogP contribution in [-0.4, -0.2) is 81.6 Å².